The van der Waals surface area contributed by atoms with E-state index in [-0.39, 0.29) is 55.7 Å². The average molecular weight is 1130 g/mol. The summed E-state index contributed by atoms with van der Waals surface area (Å²) in [5.74, 6) is -6.91. The summed E-state index contributed by atoms with van der Waals surface area (Å²) in [7, 11) is 2.32. The summed E-state index contributed by atoms with van der Waals surface area (Å²) in [6, 6.07) is 4.66. The maximum Gasteiger partial charge on any atom is 0.341 e. The Bertz CT molecular complexity index is 2530. The molecule has 0 radical (unpaired) electrons. The van der Waals surface area contributed by atoms with Crippen LogP contribution in [0.3, 0.4) is 0 Å². The quantitative estimate of drug-likeness (QED) is 0.0712. The monoisotopic (exact) mass is 1130 g/mol. The molecular weight excluding hydrogens is 1040 g/mol. The second-order valence-electron chi connectivity index (χ2n) is 22.7. The molecule has 0 aliphatic carbocycles. The number of aromatic carboxylic acids is 1. The first-order chi connectivity index (χ1) is 36.4. The molecule has 2 aromatic rings. The summed E-state index contributed by atoms with van der Waals surface area (Å²) >= 11 is 0. The summed E-state index contributed by atoms with van der Waals surface area (Å²) in [5, 5.41) is 48.1. The minimum absolute atomic E-state index is 0.0153. The van der Waals surface area contributed by atoms with E-state index in [4.69, 9.17) is 37.3 Å². The maximum absolute atomic E-state index is 14.6. The molecule has 3 fully saturated rings. The number of carboxylic acid groups (broad SMARTS) is 1. The zero-order valence-electron chi connectivity index (χ0n) is 47.9. The van der Waals surface area contributed by atoms with Crippen LogP contribution in [0.5, 0.6) is 0 Å². The van der Waals surface area contributed by atoms with Crippen molar-refractivity contribution in [3.05, 3.63) is 45.7 Å². The van der Waals surface area contributed by atoms with Crippen LogP contribution in [0.15, 0.2) is 29.2 Å². The van der Waals surface area contributed by atoms with Gasteiger partial charge in [0.25, 0.3) is 10.1 Å². The maximum atomic E-state index is 14.6. The molecule has 23 heteroatoms. The molecule has 5 rings (SSSR count). The van der Waals surface area contributed by atoms with Gasteiger partial charge in [-0.25, -0.2) is 9.18 Å². The number of aliphatic hydroxyl groups excluding tert-OH is 2. The molecule has 5 N–H and O–H groups in total. The fraction of sp³-hybridized carbons (Fsp3) is 0.782. The Kier molecular flexibility index (Phi) is 22.6. The SMILES string of the molecule is CC[C@H]1OC(=O)[C@H](C)[C@@H](O[C@H]2C[C@@](C)(OC)[C@@H](OS(=O)(=O)CCNCCCc3ccc4c(c3)c(=O)c(C(=O)O)cn4CCF)[C@H](C)O2)[C@H](C)[C@@H](O[C@@H]2O[C@H](C)C[C@H](N(C)C)[C@H]2O)[C@](C)(OC)C[C@@H](C)C(=O)[C@@H](C)[C@@H](O)[C@]1(C)O. The fourth-order valence-electron chi connectivity index (χ4n) is 11.7. The molecule has 3 aliphatic heterocycles. The smallest absolute Gasteiger partial charge is 0.341 e. The Morgan fingerprint density at radius 2 is 1.59 bits per heavy atom. The number of halogens is 1. The molecule has 21 nitrogen and oxygen atoms in total. The van der Waals surface area contributed by atoms with Crippen molar-refractivity contribution in [3.8, 4) is 0 Å². The number of aromatic nitrogens is 1. The van der Waals surface area contributed by atoms with E-state index in [0.717, 1.165) is 11.8 Å². The van der Waals surface area contributed by atoms with E-state index in [1.165, 1.54) is 32.6 Å². The first-order valence-electron chi connectivity index (χ1n) is 27.2. The van der Waals surface area contributed by atoms with Crippen LogP contribution in [-0.2, 0) is 70.0 Å². The highest BCUT2D eigenvalue weighted by Gasteiger charge is 2.55. The van der Waals surface area contributed by atoms with Crippen molar-refractivity contribution in [1.29, 1.82) is 0 Å². The highest BCUT2D eigenvalue weighted by atomic mass is 32.2. The van der Waals surface area contributed by atoms with Crippen LogP contribution in [0.2, 0.25) is 0 Å². The number of ketones is 1. The van der Waals surface area contributed by atoms with Gasteiger partial charge in [-0.15, -0.1) is 0 Å². The van der Waals surface area contributed by atoms with Gasteiger partial charge < -0.3 is 68.4 Å². The first-order valence-corrected chi connectivity index (χ1v) is 28.8. The van der Waals surface area contributed by atoms with Crippen LogP contribution in [0.25, 0.3) is 10.9 Å². The largest absolute Gasteiger partial charge is 0.477 e. The summed E-state index contributed by atoms with van der Waals surface area (Å²) in [6.45, 7) is 16.0. The van der Waals surface area contributed by atoms with Crippen molar-refractivity contribution in [2.24, 2.45) is 23.7 Å². The number of pyridine rings is 1. The Morgan fingerprint density at radius 3 is 2.19 bits per heavy atom. The van der Waals surface area contributed by atoms with E-state index in [0.29, 0.717) is 31.3 Å². The molecule has 1 aromatic carbocycles. The number of carbonyl (C=O) groups is 3. The van der Waals surface area contributed by atoms with Gasteiger partial charge in [0.05, 0.1) is 65.5 Å². The fourth-order valence-corrected chi connectivity index (χ4v) is 12.9. The number of alkyl halides is 1. The van der Waals surface area contributed by atoms with E-state index in [9.17, 15) is 52.4 Å². The number of likely N-dealkylation sites (N-methyl/N-ethyl adjacent to an activating group) is 1. The minimum Gasteiger partial charge on any atom is -0.477 e. The van der Waals surface area contributed by atoms with Gasteiger partial charge in [-0.3, -0.25) is 18.6 Å². The minimum atomic E-state index is -4.23. The number of ether oxygens (including phenoxy) is 7. The first kappa shape index (κ1) is 65.3. The second kappa shape index (κ2) is 27.0. The van der Waals surface area contributed by atoms with Crippen LogP contribution in [0, 0.1) is 23.7 Å². The topological polar surface area (TPSA) is 277 Å². The lowest BCUT2D eigenvalue weighted by Crippen LogP contribution is -2.62. The van der Waals surface area contributed by atoms with Gasteiger partial charge in [0.2, 0.25) is 5.43 Å². The van der Waals surface area contributed by atoms with Gasteiger partial charge in [0, 0.05) is 62.6 Å². The van der Waals surface area contributed by atoms with Crippen molar-refractivity contribution in [3.63, 3.8) is 0 Å². The average Bonchev–Trinajstić information content (AvgIpc) is 3.40. The predicted octanol–water partition coefficient (Wildman–Crippen LogP) is 4.00. The number of hydrogen-bond donors (Lipinski definition) is 5. The van der Waals surface area contributed by atoms with E-state index in [1.54, 1.807) is 66.7 Å². The van der Waals surface area contributed by atoms with Gasteiger partial charge >= 0.3 is 11.9 Å². The lowest BCUT2D eigenvalue weighted by atomic mass is 9.74. The number of nitrogens with one attached hydrogen (secondary N) is 1. The Morgan fingerprint density at radius 1 is 0.936 bits per heavy atom. The summed E-state index contributed by atoms with van der Waals surface area (Å²) in [5.41, 5.74) is -4.76. The third kappa shape index (κ3) is 14.9. The lowest BCUT2D eigenvalue weighted by Gasteiger charge is -2.50. The summed E-state index contributed by atoms with van der Waals surface area (Å²) in [4.78, 5) is 55.4. The second-order valence-corrected chi connectivity index (χ2v) is 24.4. The normalized spacial score (nSPS) is 36.8. The molecule has 0 spiro atoms. The molecule has 1 aromatic heterocycles. The third-order valence-electron chi connectivity index (χ3n) is 16.5. The summed E-state index contributed by atoms with van der Waals surface area (Å²) in [6.07, 6.45) is -8.56. The number of carboxylic acids is 1. The van der Waals surface area contributed by atoms with E-state index < -0.39 is 141 Å². The lowest BCUT2D eigenvalue weighted by molar-refractivity contribution is -0.317. The highest BCUT2D eigenvalue weighted by molar-refractivity contribution is 7.86. The number of nitrogens with zero attached hydrogens (tertiary/aromatic N) is 2. The molecule has 0 saturated carbocycles. The number of methoxy groups -OCH3 is 2. The predicted molar refractivity (Wildman–Crippen MR) is 286 cm³/mol. The highest BCUT2D eigenvalue weighted by Crippen LogP contribution is 2.42. The molecular formula is C55H88FN3O18S. The van der Waals surface area contributed by atoms with E-state index in [2.05, 4.69) is 5.32 Å². The molecule has 3 aliphatic rings. The standard InChI is InChI=1S/C55H88FN3O18S/c1-15-41-55(10,67)47(63)32(4)43(60)30(2)27-53(8,70-13)48(76-52-45(62)40(58(11)12)25-31(3)72-52)33(5)46(34(6)51(66)74-41)75-42-28-54(9,71-14)49(35(7)73-42)77-78(68,69)24-22-57-21-16-17-36-18-19-39-37(26-36)44(61)38(50(64)65)29-59(39)23-20-56/h18-19,26,29-35,40-42,45-49,52,57,62-63,67H,15-17,20-25,27-28H2,1-14H3,(H,64,65)/t30-,31-,32-,33+,34-,35+,40+,41-,42+,45-,46+,47-,48-,49+,52+,53-,54-,55-/m1/s1. The molecule has 4 heterocycles. The van der Waals surface area contributed by atoms with Crippen LogP contribution in [-0.4, -0.2) is 194 Å². The molecule has 0 amide bonds. The Balaban J connectivity index is 1.37. The van der Waals surface area contributed by atoms with Crippen molar-refractivity contribution < 1.29 is 85.0 Å². The van der Waals surface area contributed by atoms with Gasteiger partial charge in [-0.05, 0) is 112 Å². The number of aryl methyl sites for hydroxylation is 2. The zero-order valence-corrected chi connectivity index (χ0v) is 48.7. The van der Waals surface area contributed by atoms with Crippen molar-refractivity contribution in [2.75, 3.05) is 53.8 Å². The van der Waals surface area contributed by atoms with Crippen molar-refractivity contribution in [2.45, 2.75) is 199 Å². The number of carbonyl (C=O) groups excluding carboxylic acids is 2. The van der Waals surface area contributed by atoms with Crippen molar-refractivity contribution >= 4 is 38.7 Å². The van der Waals surface area contributed by atoms with E-state index in [1.807, 2.05) is 25.9 Å². The van der Waals surface area contributed by atoms with Crippen LogP contribution in [0.4, 0.5) is 4.39 Å². The molecule has 18 atom stereocenters. The molecule has 78 heavy (non-hydrogen) atoms. The van der Waals surface area contributed by atoms with Crippen LogP contribution >= 0.6 is 0 Å². The number of esters is 1. The molecule has 0 unspecified atom stereocenters. The number of hydrogen-bond acceptors (Lipinski definition) is 19. The Hall–Kier alpha value is -3.56. The van der Waals surface area contributed by atoms with Crippen LogP contribution < -0.4 is 10.7 Å². The van der Waals surface area contributed by atoms with Gasteiger partial charge in [0.15, 0.2) is 12.6 Å². The van der Waals surface area contributed by atoms with E-state index >= 15 is 0 Å². The molecule has 444 valence electrons. The Labute approximate surface area is 458 Å². The van der Waals surface area contributed by atoms with Crippen molar-refractivity contribution in [1.82, 2.24) is 14.8 Å². The number of fused-ring (bicyclic) bond motifs is 1. The number of aliphatic hydroxyl groups is 3. The number of Topliss-reactive ketones (excluding diaryl/α,β-unsaturated/α-hetero) is 1. The third-order valence-corrected chi connectivity index (χ3v) is 17.7. The summed E-state index contributed by atoms with van der Waals surface area (Å²) < 4.78 is 92.8. The van der Waals surface area contributed by atoms with Gasteiger partial charge in [-0.2, -0.15) is 8.42 Å². The zero-order chi connectivity index (χ0) is 58.4. The molecule has 0 bridgehead atoms. The van der Waals surface area contributed by atoms with Gasteiger partial charge in [-0.1, -0.05) is 33.8 Å². The number of rotatable bonds is 20. The molecule has 3 saturated heterocycles. The van der Waals surface area contributed by atoms with Gasteiger partial charge in [0.1, 0.15) is 41.9 Å². The number of cyclic esters (lactones) is 1. The number of benzene rings is 1. The van der Waals surface area contributed by atoms with Crippen LogP contribution in [0.1, 0.15) is 117 Å².